The van der Waals surface area contributed by atoms with Crippen LogP contribution in [0.25, 0.3) is 0 Å². The van der Waals surface area contributed by atoms with Crippen molar-refractivity contribution in [3.63, 3.8) is 0 Å². The number of hydrogen-bond acceptors (Lipinski definition) is 2. The van der Waals surface area contributed by atoms with Crippen molar-refractivity contribution < 1.29 is 14.6 Å². The van der Waals surface area contributed by atoms with Crippen molar-refractivity contribution in [2.45, 2.75) is 13.5 Å². The molecule has 0 saturated heterocycles. The van der Waals surface area contributed by atoms with Gasteiger partial charge in [0.1, 0.15) is 17.9 Å². The van der Waals surface area contributed by atoms with Gasteiger partial charge in [-0.1, -0.05) is 35.9 Å². The molecule has 0 spiro atoms. The van der Waals surface area contributed by atoms with Crippen LogP contribution in [-0.4, -0.2) is 11.1 Å². The zero-order valence-corrected chi connectivity index (χ0v) is 12.0. The van der Waals surface area contributed by atoms with Gasteiger partial charge in [0.2, 0.25) is 0 Å². The molecule has 0 bridgehead atoms. The maximum atomic E-state index is 11.1. The molecule has 0 radical (unpaired) electrons. The van der Waals surface area contributed by atoms with Gasteiger partial charge in [-0.3, -0.25) is 0 Å². The van der Waals surface area contributed by atoms with E-state index in [0.717, 1.165) is 5.56 Å². The third kappa shape index (κ3) is 3.35. The van der Waals surface area contributed by atoms with E-state index in [1.54, 1.807) is 12.1 Å². The molecule has 0 aliphatic carbocycles. The molecule has 0 unspecified atom stereocenters. The first-order valence-electron chi connectivity index (χ1n) is 5.78. The standard InChI is InChI=1S/C15H13BrO3/c1-10-5-7-11(8-6-10)9-19-14-12(15(17)18)3-2-4-13(14)16/h2-8H,9H2,1H3,(H,17,18). The van der Waals surface area contributed by atoms with Gasteiger partial charge in [0.25, 0.3) is 0 Å². The fourth-order valence-corrected chi connectivity index (χ4v) is 2.14. The molecule has 2 aromatic rings. The largest absolute Gasteiger partial charge is 0.487 e. The van der Waals surface area contributed by atoms with E-state index in [4.69, 9.17) is 9.84 Å². The molecule has 0 saturated carbocycles. The predicted molar refractivity (Wildman–Crippen MR) is 76.6 cm³/mol. The molecule has 0 fully saturated rings. The fourth-order valence-electron chi connectivity index (χ4n) is 1.66. The van der Waals surface area contributed by atoms with E-state index in [1.807, 2.05) is 31.2 Å². The number of para-hydroxylation sites is 1. The molecule has 0 atom stereocenters. The van der Waals surface area contributed by atoms with Gasteiger partial charge in [0.15, 0.2) is 0 Å². The van der Waals surface area contributed by atoms with E-state index < -0.39 is 5.97 Å². The predicted octanol–water partition coefficient (Wildman–Crippen LogP) is 4.03. The third-order valence-electron chi connectivity index (χ3n) is 2.70. The van der Waals surface area contributed by atoms with E-state index in [-0.39, 0.29) is 5.56 Å². The second-order valence-corrected chi connectivity index (χ2v) is 5.05. The Kier molecular flexibility index (Phi) is 4.22. The van der Waals surface area contributed by atoms with Crippen LogP contribution in [0.1, 0.15) is 21.5 Å². The number of aromatic carboxylic acids is 1. The van der Waals surface area contributed by atoms with Gasteiger partial charge < -0.3 is 9.84 Å². The highest BCUT2D eigenvalue weighted by molar-refractivity contribution is 9.10. The van der Waals surface area contributed by atoms with Crippen molar-refractivity contribution in [3.05, 3.63) is 63.6 Å². The van der Waals surface area contributed by atoms with Crippen LogP contribution in [0.2, 0.25) is 0 Å². The smallest absolute Gasteiger partial charge is 0.339 e. The first kappa shape index (κ1) is 13.6. The summed E-state index contributed by atoms with van der Waals surface area (Å²) in [6.07, 6.45) is 0. The third-order valence-corrected chi connectivity index (χ3v) is 3.33. The van der Waals surface area contributed by atoms with Crippen molar-refractivity contribution in [2.24, 2.45) is 0 Å². The number of carboxylic acid groups (broad SMARTS) is 1. The highest BCUT2D eigenvalue weighted by Crippen LogP contribution is 2.29. The monoisotopic (exact) mass is 320 g/mol. The van der Waals surface area contributed by atoms with Gasteiger partial charge in [0.05, 0.1) is 4.47 Å². The summed E-state index contributed by atoms with van der Waals surface area (Å²) >= 11 is 3.31. The molecule has 1 N–H and O–H groups in total. The molecule has 0 amide bonds. The number of carboxylic acids is 1. The van der Waals surface area contributed by atoms with Crippen molar-refractivity contribution in [1.82, 2.24) is 0 Å². The SMILES string of the molecule is Cc1ccc(COc2c(Br)cccc2C(=O)O)cc1. The highest BCUT2D eigenvalue weighted by atomic mass is 79.9. The summed E-state index contributed by atoms with van der Waals surface area (Å²) in [6.45, 7) is 2.35. The maximum Gasteiger partial charge on any atom is 0.339 e. The van der Waals surface area contributed by atoms with Crippen LogP contribution >= 0.6 is 15.9 Å². The zero-order chi connectivity index (χ0) is 13.8. The minimum Gasteiger partial charge on any atom is -0.487 e. The van der Waals surface area contributed by atoms with E-state index in [0.29, 0.717) is 16.8 Å². The second-order valence-electron chi connectivity index (χ2n) is 4.20. The summed E-state index contributed by atoms with van der Waals surface area (Å²) < 4.78 is 6.27. The molecule has 2 rings (SSSR count). The van der Waals surface area contributed by atoms with Crippen molar-refractivity contribution in [3.8, 4) is 5.75 Å². The van der Waals surface area contributed by atoms with Gasteiger partial charge in [-0.05, 0) is 40.5 Å². The Balaban J connectivity index is 2.19. The number of ether oxygens (including phenoxy) is 1. The lowest BCUT2D eigenvalue weighted by Crippen LogP contribution is -2.04. The van der Waals surface area contributed by atoms with Crippen LogP contribution in [-0.2, 0) is 6.61 Å². The van der Waals surface area contributed by atoms with E-state index in [2.05, 4.69) is 15.9 Å². The van der Waals surface area contributed by atoms with Gasteiger partial charge in [0, 0.05) is 0 Å². The van der Waals surface area contributed by atoms with E-state index in [1.165, 1.54) is 11.6 Å². The topological polar surface area (TPSA) is 46.5 Å². The Labute approximate surface area is 120 Å². The molecule has 19 heavy (non-hydrogen) atoms. The molecular formula is C15H13BrO3. The molecule has 4 heteroatoms. The van der Waals surface area contributed by atoms with Crippen LogP contribution in [0, 0.1) is 6.92 Å². The second kappa shape index (κ2) is 5.89. The quantitative estimate of drug-likeness (QED) is 0.924. The van der Waals surface area contributed by atoms with Crippen LogP contribution in [0.15, 0.2) is 46.9 Å². The van der Waals surface area contributed by atoms with E-state index >= 15 is 0 Å². The van der Waals surface area contributed by atoms with Crippen molar-refractivity contribution >= 4 is 21.9 Å². The lowest BCUT2D eigenvalue weighted by molar-refractivity contribution is 0.0691. The molecular weight excluding hydrogens is 308 g/mol. The highest BCUT2D eigenvalue weighted by Gasteiger charge is 2.14. The van der Waals surface area contributed by atoms with Gasteiger partial charge in [-0.25, -0.2) is 4.79 Å². The minimum absolute atomic E-state index is 0.154. The minimum atomic E-state index is -1.000. The van der Waals surface area contributed by atoms with Crippen LogP contribution < -0.4 is 4.74 Å². The first-order valence-corrected chi connectivity index (χ1v) is 6.57. The van der Waals surface area contributed by atoms with Crippen molar-refractivity contribution in [2.75, 3.05) is 0 Å². The molecule has 2 aromatic carbocycles. The molecule has 0 aliphatic rings. The lowest BCUT2D eigenvalue weighted by atomic mass is 10.1. The Bertz CT molecular complexity index is 591. The molecule has 0 aromatic heterocycles. The summed E-state index contributed by atoms with van der Waals surface area (Å²) in [7, 11) is 0. The summed E-state index contributed by atoms with van der Waals surface area (Å²) in [5, 5.41) is 9.12. The van der Waals surface area contributed by atoms with Gasteiger partial charge in [-0.15, -0.1) is 0 Å². The summed E-state index contributed by atoms with van der Waals surface area (Å²) in [5.41, 5.74) is 2.33. The molecule has 98 valence electrons. The summed E-state index contributed by atoms with van der Waals surface area (Å²) in [6, 6.07) is 12.9. The lowest BCUT2D eigenvalue weighted by Gasteiger charge is -2.11. The number of aryl methyl sites for hydroxylation is 1. The van der Waals surface area contributed by atoms with Gasteiger partial charge in [-0.2, -0.15) is 0 Å². The Morgan fingerprint density at radius 2 is 1.89 bits per heavy atom. The number of halogens is 1. The molecule has 0 aliphatic heterocycles. The number of hydrogen-bond donors (Lipinski definition) is 1. The average molecular weight is 321 g/mol. The normalized spacial score (nSPS) is 10.2. The first-order chi connectivity index (χ1) is 9.08. The maximum absolute atomic E-state index is 11.1. The Morgan fingerprint density at radius 3 is 2.53 bits per heavy atom. The van der Waals surface area contributed by atoms with E-state index in [9.17, 15) is 4.79 Å². The van der Waals surface area contributed by atoms with Crippen molar-refractivity contribution in [1.29, 1.82) is 0 Å². The molecule has 3 nitrogen and oxygen atoms in total. The fraction of sp³-hybridized carbons (Fsp3) is 0.133. The number of carbonyl (C=O) groups is 1. The van der Waals surface area contributed by atoms with Crippen LogP contribution in [0.4, 0.5) is 0 Å². The van der Waals surface area contributed by atoms with Crippen LogP contribution in [0.3, 0.4) is 0 Å². The Morgan fingerprint density at radius 1 is 1.21 bits per heavy atom. The van der Waals surface area contributed by atoms with Crippen LogP contribution in [0.5, 0.6) is 5.75 Å². The Hall–Kier alpha value is -1.81. The number of rotatable bonds is 4. The summed E-state index contributed by atoms with van der Waals surface area (Å²) in [5.74, 6) is -0.643. The number of benzene rings is 2. The molecule has 0 heterocycles. The average Bonchev–Trinajstić information content (AvgIpc) is 2.39. The zero-order valence-electron chi connectivity index (χ0n) is 10.4. The van der Waals surface area contributed by atoms with Gasteiger partial charge >= 0.3 is 5.97 Å². The summed E-state index contributed by atoms with van der Waals surface area (Å²) in [4.78, 5) is 11.1.